The van der Waals surface area contributed by atoms with Crippen molar-refractivity contribution in [1.29, 1.82) is 0 Å². The Morgan fingerprint density at radius 1 is 1.32 bits per heavy atom. The van der Waals surface area contributed by atoms with Gasteiger partial charge in [-0.1, -0.05) is 13.0 Å². The molecule has 0 heterocycles. The fourth-order valence-corrected chi connectivity index (χ4v) is 1.94. The first-order valence-corrected chi connectivity index (χ1v) is 6.97. The van der Waals surface area contributed by atoms with E-state index < -0.39 is 0 Å². The van der Waals surface area contributed by atoms with Gasteiger partial charge >= 0.3 is 0 Å². The zero-order valence-corrected chi connectivity index (χ0v) is 12.7. The summed E-state index contributed by atoms with van der Waals surface area (Å²) in [4.78, 5) is 0. The average molecular weight is 267 g/mol. The van der Waals surface area contributed by atoms with Crippen LogP contribution in [0.4, 0.5) is 4.39 Å². The van der Waals surface area contributed by atoms with Crippen LogP contribution in [0.3, 0.4) is 0 Å². The van der Waals surface area contributed by atoms with Crippen LogP contribution in [0.1, 0.15) is 51.3 Å². The van der Waals surface area contributed by atoms with Gasteiger partial charge in [0.1, 0.15) is 5.82 Å². The molecule has 0 aliphatic heterocycles. The molecule has 0 saturated carbocycles. The first-order valence-electron chi connectivity index (χ1n) is 6.97. The van der Waals surface area contributed by atoms with Crippen LogP contribution in [0.15, 0.2) is 18.2 Å². The highest BCUT2D eigenvalue weighted by atomic mass is 19.1. The second kappa shape index (κ2) is 7.01. The molecule has 19 heavy (non-hydrogen) atoms. The van der Waals surface area contributed by atoms with E-state index in [1.807, 2.05) is 33.8 Å². The molecule has 0 aromatic heterocycles. The molecule has 2 nitrogen and oxygen atoms in total. The van der Waals surface area contributed by atoms with E-state index in [-0.39, 0.29) is 17.5 Å². The zero-order valence-electron chi connectivity index (χ0n) is 12.7. The summed E-state index contributed by atoms with van der Waals surface area (Å²) in [5.74, 6) is -0.188. The number of ether oxygens (including phenoxy) is 1. The molecule has 0 amide bonds. The number of aryl methyl sites for hydroxylation is 1. The molecule has 0 aliphatic carbocycles. The molecule has 0 aliphatic rings. The lowest BCUT2D eigenvalue weighted by molar-refractivity contribution is -0.0148. The maximum absolute atomic E-state index is 13.2. The third-order valence-electron chi connectivity index (χ3n) is 2.93. The molecule has 108 valence electrons. The fraction of sp³-hybridized carbons (Fsp3) is 0.625. The number of halogens is 1. The quantitative estimate of drug-likeness (QED) is 0.841. The number of hydrogen-bond acceptors (Lipinski definition) is 2. The van der Waals surface area contributed by atoms with E-state index in [1.165, 1.54) is 6.07 Å². The van der Waals surface area contributed by atoms with Crippen LogP contribution in [0, 0.1) is 12.7 Å². The molecule has 1 unspecified atom stereocenters. The van der Waals surface area contributed by atoms with E-state index in [4.69, 9.17) is 4.74 Å². The first-order chi connectivity index (χ1) is 8.83. The van der Waals surface area contributed by atoms with Gasteiger partial charge in [0.2, 0.25) is 0 Å². The first kappa shape index (κ1) is 16.1. The highest BCUT2D eigenvalue weighted by molar-refractivity contribution is 5.29. The Hall–Kier alpha value is -0.930. The van der Waals surface area contributed by atoms with Gasteiger partial charge in [-0.3, -0.25) is 0 Å². The Morgan fingerprint density at radius 2 is 2.00 bits per heavy atom. The number of rotatable bonds is 6. The normalized spacial score (nSPS) is 13.6. The number of benzene rings is 1. The van der Waals surface area contributed by atoms with Gasteiger partial charge in [-0.25, -0.2) is 4.39 Å². The van der Waals surface area contributed by atoms with Gasteiger partial charge in [0.25, 0.3) is 0 Å². The van der Waals surface area contributed by atoms with E-state index in [0.29, 0.717) is 6.61 Å². The van der Waals surface area contributed by atoms with Crippen LogP contribution in [-0.2, 0) is 4.74 Å². The monoisotopic (exact) mass is 267 g/mol. The maximum atomic E-state index is 13.2. The fourth-order valence-electron chi connectivity index (χ4n) is 1.94. The molecule has 0 saturated heterocycles. The van der Waals surface area contributed by atoms with Crippen LogP contribution in [0.2, 0.25) is 0 Å². The summed E-state index contributed by atoms with van der Waals surface area (Å²) in [6.07, 6.45) is 1.06. The predicted octanol–water partition coefficient (Wildman–Crippen LogP) is 3.99. The van der Waals surface area contributed by atoms with Gasteiger partial charge in [0, 0.05) is 0 Å². The average Bonchev–Trinajstić information content (AvgIpc) is 2.29. The van der Waals surface area contributed by atoms with Crippen molar-refractivity contribution < 1.29 is 9.13 Å². The molecule has 0 spiro atoms. The van der Waals surface area contributed by atoms with Gasteiger partial charge in [-0.05, 0) is 63.9 Å². The lowest BCUT2D eigenvalue weighted by Crippen LogP contribution is -2.31. The number of hydrogen-bond donors (Lipinski definition) is 1. The minimum absolute atomic E-state index is 0.111. The zero-order chi connectivity index (χ0) is 14.5. The van der Waals surface area contributed by atoms with Crippen molar-refractivity contribution in [2.75, 3.05) is 13.2 Å². The highest BCUT2D eigenvalue weighted by Gasteiger charge is 2.18. The molecule has 1 N–H and O–H groups in total. The Balaban J connectivity index is 2.83. The summed E-state index contributed by atoms with van der Waals surface area (Å²) in [6.45, 7) is 11.7. The van der Waals surface area contributed by atoms with Crippen molar-refractivity contribution in [3.05, 3.63) is 35.1 Å². The SMILES string of the molecule is CCCNC(COC(C)(C)C)c1ccc(F)cc1C. The molecule has 1 aromatic rings. The second-order valence-corrected chi connectivity index (χ2v) is 5.93. The van der Waals surface area contributed by atoms with Crippen LogP contribution in [-0.4, -0.2) is 18.8 Å². The summed E-state index contributed by atoms with van der Waals surface area (Å²) >= 11 is 0. The van der Waals surface area contributed by atoms with Crippen molar-refractivity contribution in [3.63, 3.8) is 0 Å². The maximum Gasteiger partial charge on any atom is 0.123 e. The van der Waals surface area contributed by atoms with Gasteiger partial charge < -0.3 is 10.1 Å². The molecule has 1 aromatic carbocycles. The van der Waals surface area contributed by atoms with E-state index in [1.54, 1.807) is 6.07 Å². The largest absolute Gasteiger partial charge is 0.374 e. The number of nitrogens with one attached hydrogen (secondary N) is 1. The van der Waals surface area contributed by atoms with Crippen LogP contribution < -0.4 is 5.32 Å². The summed E-state index contributed by atoms with van der Waals surface area (Å²) in [5, 5.41) is 3.47. The minimum atomic E-state index is -0.188. The van der Waals surface area contributed by atoms with Crippen LogP contribution >= 0.6 is 0 Å². The van der Waals surface area contributed by atoms with Crippen LogP contribution in [0.25, 0.3) is 0 Å². The van der Waals surface area contributed by atoms with Gasteiger partial charge in [-0.15, -0.1) is 0 Å². The van der Waals surface area contributed by atoms with Crippen molar-refractivity contribution in [2.24, 2.45) is 0 Å². The minimum Gasteiger partial charge on any atom is -0.374 e. The molecule has 0 fully saturated rings. The molecular weight excluding hydrogens is 241 g/mol. The highest BCUT2D eigenvalue weighted by Crippen LogP contribution is 2.21. The summed E-state index contributed by atoms with van der Waals surface area (Å²) in [7, 11) is 0. The summed E-state index contributed by atoms with van der Waals surface area (Å²) < 4.78 is 19.1. The Kier molecular flexibility index (Phi) is 5.95. The topological polar surface area (TPSA) is 21.3 Å². The summed E-state index contributed by atoms with van der Waals surface area (Å²) in [5.41, 5.74) is 1.91. The molecule has 1 atom stereocenters. The molecule has 3 heteroatoms. The molecule has 0 radical (unpaired) electrons. The van der Waals surface area contributed by atoms with Gasteiger partial charge in [0.05, 0.1) is 18.2 Å². The third kappa shape index (κ3) is 5.70. The Bertz CT molecular complexity index is 398. The lowest BCUT2D eigenvalue weighted by Gasteiger charge is -2.26. The molecular formula is C16H26FNO. The van der Waals surface area contributed by atoms with E-state index in [2.05, 4.69) is 12.2 Å². The van der Waals surface area contributed by atoms with Crippen molar-refractivity contribution in [1.82, 2.24) is 5.32 Å². The van der Waals surface area contributed by atoms with Crippen LogP contribution in [0.5, 0.6) is 0 Å². The standard InChI is InChI=1S/C16H26FNO/c1-6-9-18-15(11-19-16(3,4)5)14-8-7-13(17)10-12(14)2/h7-8,10,15,18H,6,9,11H2,1-5H3. The van der Waals surface area contributed by atoms with Crippen molar-refractivity contribution in [3.8, 4) is 0 Å². The van der Waals surface area contributed by atoms with E-state index >= 15 is 0 Å². The second-order valence-electron chi connectivity index (χ2n) is 5.93. The smallest absolute Gasteiger partial charge is 0.123 e. The van der Waals surface area contributed by atoms with Gasteiger partial charge in [0.15, 0.2) is 0 Å². The third-order valence-corrected chi connectivity index (χ3v) is 2.93. The Morgan fingerprint density at radius 3 is 2.53 bits per heavy atom. The van der Waals surface area contributed by atoms with E-state index in [0.717, 1.165) is 24.1 Å². The molecule has 0 bridgehead atoms. The molecule has 1 rings (SSSR count). The van der Waals surface area contributed by atoms with Crippen molar-refractivity contribution in [2.45, 2.75) is 52.7 Å². The van der Waals surface area contributed by atoms with Crippen molar-refractivity contribution >= 4 is 0 Å². The predicted molar refractivity (Wildman–Crippen MR) is 77.9 cm³/mol. The van der Waals surface area contributed by atoms with E-state index in [9.17, 15) is 4.39 Å². The lowest BCUT2D eigenvalue weighted by atomic mass is 10.0. The van der Waals surface area contributed by atoms with Gasteiger partial charge in [-0.2, -0.15) is 0 Å². The Labute approximate surface area is 116 Å². The summed E-state index contributed by atoms with van der Waals surface area (Å²) in [6, 6.07) is 5.05.